The lowest BCUT2D eigenvalue weighted by Crippen LogP contribution is -2.37. The van der Waals surface area contributed by atoms with E-state index in [-0.39, 0.29) is 18.3 Å². The van der Waals surface area contributed by atoms with Crippen molar-refractivity contribution in [3.05, 3.63) is 74.8 Å². The predicted octanol–water partition coefficient (Wildman–Crippen LogP) is 3.66. The van der Waals surface area contributed by atoms with Crippen LogP contribution in [-0.4, -0.2) is 40.4 Å². The third-order valence-corrected chi connectivity index (χ3v) is 5.05. The highest BCUT2D eigenvalue weighted by molar-refractivity contribution is 9.10. The number of aliphatic imine (C=N–C) groups is 1. The number of carbonyl (C=O) groups is 1. The molecular formula is C20H16BrClN4O4. The average Bonchev–Trinajstić information content (AvgIpc) is 3.15. The van der Waals surface area contributed by atoms with Crippen molar-refractivity contribution in [1.29, 1.82) is 0 Å². The molecule has 0 bridgehead atoms. The Bertz CT molecular complexity index is 1090. The Labute approximate surface area is 185 Å². The summed E-state index contributed by atoms with van der Waals surface area (Å²) < 4.78 is 12.6. The molecule has 0 radical (unpaired) electrons. The molecule has 154 valence electrons. The lowest BCUT2D eigenvalue weighted by atomic mass is 10.1. The Morgan fingerprint density at radius 1 is 1.20 bits per heavy atom. The number of hydrogen-bond acceptors (Lipinski definition) is 7. The summed E-state index contributed by atoms with van der Waals surface area (Å²) in [5.74, 6) is -1.43. The van der Waals surface area contributed by atoms with E-state index in [0.717, 1.165) is 9.32 Å². The molecule has 0 unspecified atom stereocenters. The van der Waals surface area contributed by atoms with E-state index in [2.05, 4.69) is 31.2 Å². The maximum Gasteiger partial charge on any atom is 0.342 e. The van der Waals surface area contributed by atoms with Crippen LogP contribution in [0, 0.1) is 0 Å². The molecule has 2 aromatic carbocycles. The number of fused-ring (bicyclic) bond motifs is 1. The minimum absolute atomic E-state index is 0.171. The molecule has 0 N–H and O–H groups in total. The zero-order chi connectivity index (χ0) is 21.1. The van der Waals surface area contributed by atoms with Crippen molar-refractivity contribution in [3.8, 4) is 5.88 Å². The summed E-state index contributed by atoms with van der Waals surface area (Å²) in [4.78, 5) is 23.4. The highest BCUT2D eigenvalue weighted by Gasteiger charge is 2.40. The van der Waals surface area contributed by atoms with Crippen LogP contribution in [0.5, 0.6) is 5.88 Å². The molecule has 1 aliphatic rings. The Morgan fingerprint density at radius 3 is 2.63 bits per heavy atom. The first-order chi connectivity index (χ1) is 14.5. The maximum atomic E-state index is 12.3. The number of carbonyl (C=O) groups excluding carboxylic acids is 1. The third-order valence-electron chi connectivity index (χ3n) is 4.27. The SMILES string of the molecule is CCO[C@]1(c2ccc(Cl)cc2)N=Cc2c(nnn2OCC(=O)c2ccc(Br)cc2)O1. The van der Waals surface area contributed by atoms with E-state index in [1.807, 2.05) is 6.92 Å². The second-order valence-electron chi connectivity index (χ2n) is 6.24. The summed E-state index contributed by atoms with van der Waals surface area (Å²) in [5, 5.41) is 8.48. The Hall–Kier alpha value is -2.75. The molecule has 30 heavy (non-hydrogen) atoms. The van der Waals surface area contributed by atoms with Gasteiger partial charge in [0.05, 0.1) is 12.8 Å². The zero-order valence-electron chi connectivity index (χ0n) is 15.8. The third kappa shape index (κ3) is 4.09. The molecule has 0 fully saturated rings. The van der Waals surface area contributed by atoms with Gasteiger partial charge in [-0.25, -0.2) is 4.99 Å². The Balaban J connectivity index is 1.52. The van der Waals surface area contributed by atoms with Crippen LogP contribution < -0.4 is 9.57 Å². The smallest absolute Gasteiger partial charge is 0.342 e. The van der Waals surface area contributed by atoms with Crippen LogP contribution in [0.3, 0.4) is 0 Å². The summed E-state index contributed by atoms with van der Waals surface area (Å²) in [6.45, 7) is 1.96. The molecule has 0 saturated carbocycles. The van der Waals surface area contributed by atoms with Gasteiger partial charge >= 0.3 is 5.91 Å². The van der Waals surface area contributed by atoms with E-state index in [1.165, 1.54) is 6.21 Å². The van der Waals surface area contributed by atoms with Crippen LogP contribution in [0.2, 0.25) is 5.02 Å². The summed E-state index contributed by atoms with van der Waals surface area (Å²) in [7, 11) is 0. The number of aromatic nitrogens is 3. The molecule has 0 aliphatic carbocycles. The summed E-state index contributed by atoms with van der Waals surface area (Å²) >= 11 is 9.31. The molecule has 1 aliphatic heterocycles. The molecule has 0 amide bonds. The Morgan fingerprint density at radius 2 is 1.93 bits per heavy atom. The molecule has 3 aromatic rings. The van der Waals surface area contributed by atoms with Gasteiger partial charge < -0.3 is 14.3 Å². The van der Waals surface area contributed by atoms with Gasteiger partial charge in [-0.15, -0.1) is 0 Å². The van der Waals surface area contributed by atoms with E-state index in [4.69, 9.17) is 25.9 Å². The molecule has 2 heterocycles. The minimum Gasteiger partial charge on any atom is -0.417 e. The van der Waals surface area contributed by atoms with E-state index in [9.17, 15) is 4.79 Å². The second kappa shape index (κ2) is 8.55. The van der Waals surface area contributed by atoms with Gasteiger partial charge in [0, 0.05) is 20.6 Å². The number of hydrogen-bond donors (Lipinski definition) is 0. The zero-order valence-corrected chi connectivity index (χ0v) is 18.1. The summed E-state index contributed by atoms with van der Waals surface area (Å²) in [5.41, 5.74) is 1.54. The van der Waals surface area contributed by atoms with Crippen LogP contribution in [0.25, 0.3) is 0 Å². The number of nitrogens with zero attached hydrogens (tertiary/aromatic N) is 4. The molecule has 8 nitrogen and oxygen atoms in total. The standard InChI is InChI=1S/C20H16BrClN4O4/c1-2-28-20(14-5-9-16(22)10-6-14)23-11-17-19(30-20)24-25-26(17)29-12-18(27)13-3-7-15(21)8-4-13/h3-11H,2,12H2,1H3/t20-/m0/s1. The van der Waals surface area contributed by atoms with Crippen LogP contribution in [-0.2, 0) is 10.6 Å². The molecule has 1 aromatic heterocycles. The quantitative estimate of drug-likeness (QED) is 0.469. The van der Waals surface area contributed by atoms with Gasteiger partial charge in [0.2, 0.25) is 5.78 Å². The van der Waals surface area contributed by atoms with Gasteiger partial charge in [-0.1, -0.05) is 49.6 Å². The van der Waals surface area contributed by atoms with Gasteiger partial charge in [-0.2, -0.15) is 0 Å². The van der Waals surface area contributed by atoms with Gasteiger partial charge in [-0.3, -0.25) is 4.79 Å². The van der Waals surface area contributed by atoms with E-state index in [1.54, 1.807) is 48.5 Å². The van der Waals surface area contributed by atoms with Crippen molar-refractivity contribution in [3.63, 3.8) is 0 Å². The normalized spacial score (nSPS) is 17.3. The highest BCUT2D eigenvalue weighted by Crippen LogP contribution is 2.35. The lowest BCUT2D eigenvalue weighted by molar-refractivity contribution is -0.186. The van der Waals surface area contributed by atoms with Crippen LogP contribution in [0.15, 0.2) is 58.0 Å². The van der Waals surface area contributed by atoms with Crippen LogP contribution in [0.4, 0.5) is 0 Å². The molecular weight excluding hydrogens is 476 g/mol. The largest absolute Gasteiger partial charge is 0.417 e. The van der Waals surface area contributed by atoms with Gasteiger partial charge in [0.15, 0.2) is 12.3 Å². The number of rotatable bonds is 7. The summed E-state index contributed by atoms with van der Waals surface area (Å²) in [6.07, 6.45) is 1.49. The van der Waals surface area contributed by atoms with Gasteiger partial charge in [-0.05, 0) is 48.5 Å². The fourth-order valence-electron chi connectivity index (χ4n) is 2.82. The first kappa shape index (κ1) is 20.5. The fraction of sp³-hybridized carbons (Fsp3) is 0.200. The maximum absolute atomic E-state index is 12.3. The average molecular weight is 492 g/mol. The van der Waals surface area contributed by atoms with Crippen molar-refractivity contribution >= 4 is 39.5 Å². The van der Waals surface area contributed by atoms with E-state index < -0.39 is 5.91 Å². The van der Waals surface area contributed by atoms with Crippen LogP contribution in [0.1, 0.15) is 28.5 Å². The number of halogens is 2. The molecule has 0 saturated heterocycles. The lowest BCUT2D eigenvalue weighted by Gasteiger charge is -2.31. The summed E-state index contributed by atoms with van der Waals surface area (Å²) in [6, 6.07) is 14.0. The topological polar surface area (TPSA) is 87.8 Å². The van der Waals surface area contributed by atoms with Gasteiger partial charge in [0.25, 0.3) is 5.88 Å². The van der Waals surface area contributed by atoms with Gasteiger partial charge in [0.1, 0.15) is 0 Å². The molecule has 1 atom stereocenters. The first-order valence-corrected chi connectivity index (χ1v) is 10.2. The van der Waals surface area contributed by atoms with Crippen molar-refractivity contribution < 1.29 is 19.1 Å². The monoisotopic (exact) mass is 490 g/mol. The second-order valence-corrected chi connectivity index (χ2v) is 7.59. The highest BCUT2D eigenvalue weighted by atomic mass is 79.9. The van der Waals surface area contributed by atoms with Crippen molar-refractivity contribution in [2.24, 2.45) is 4.99 Å². The fourth-order valence-corrected chi connectivity index (χ4v) is 3.21. The first-order valence-electron chi connectivity index (χ1n) is 9.03. The predicted molar refractivity (Wildman–Crippen MR) is 113 cm³/mol. The molecule has 4 rings (SSSR count). The number of benzene rings is 2. The molecule has 0 spiro atoms. The number of Topliss-reactive ketones (excluding diaryl/α,β-unsaturated/α-hetero) is 1. The van der Waals surface area contributed by atoms with E-state index >= 15 is 0 Å². The van der Waals surface area contributed by atoms with Crippen molar-refractivity contribution in [2.75, 3.05) is 13.2 Å². The van der Waals surface area contributed by atoms with Crippen molar-refractivity contribution in [1.82, 2.24) is 15.2 Å². The molecule has 10 heteroatoms. The minimum atomic E-state index is -1.40. The number of ether oxygens (including phenoxy) is 2. The number of ketones is 1. The Kier molecular flexibility index (Phi) is 5.85. The van der Waals surface area contributed by atoms with E-state index in [0.29, 0.717) is 28.5 Å². The van der Waals surface area contributed by atoms with Crippen molar-refractivity contribution in [2.45, 2.75) is 12.8 Å². The van der Waals surface area contributed by atoms with Crippen LogP contribution >= 0.6 is 27.5 Å².